The summed E-state index contributed by atoms with van der Waals surface area (Å²) in [6.07, 6.45) is 0. The topological polar surface area (TPSA) is 33.0 Å². The second kappa shape index (κ2) is 6.60. The van der Waals surface area contributed by atoms with E-state index in [2.05, 4.69) is 22.0 Å². The number of rotatable bonds is 4. The largest absolute Gasteiger partial charge is 0.489 e. The molecule has 0 heterocycles. The van der Waals surface area contributed by atoms with Crippen molar-refractivity contribution >= 4 is 27.5 Å². The third-order valence-electron chi connectivity index (χ3n) is 2.62. The lowest BCUT2D eigenvalue weighted by Crippen LogP contribution is -1.98. The van der Waals surface area contributed by atoms with Gasteiger partial charge in [-0.05, 0) is 35.9 Å². The summed E-state index contributed by atoms with van der Waals surface area (Å²) >= 11 is 9.35. The minimum atomic E-state index is 0.428. The van der Waals surface area contributed by atoms with Crippen LogP contribution in [0.5, 0.6) is 5.75 Å². The fourth-order valence-corrected chi connectivity index (χ4v) is 2.32. The molecule has 0 fully saturated rings. The fourth-order valence-electron chi connectivity index (χ4n) is 1.69. The van der Waals surface area contributed by atoms with Crippen molar-refractivity contribution in [1.82, 2.24) is 0 Å². The lowest BCUT2D eigenvalue weighted by atomic mass is 10.1. The first-order valence-corrected chi connectivity index (χ1v) is 7.19. The minimum Gasteiger partial charge on any atom is -0.489 e. The summed E-state index contributed by atoms with van der Waals surface area (Å²) in [5.74, 6) is 0.795. The molecule has 0 saturated heterocycles. The summed E-state index contributed by atoms with van der Waals surface area (Å²) < 4.78 is 5.77. The Morgan fingerprint density at radius 2 is 2.05 bits per heavy atom. The molecule has 2 nitrogen and oxygen atoms in total. The highest BCUT2D eigenvalue weighted by Crippen LogP contribution is 2.25. The van der Waals surface area contributed by atoms with E-state index in [1.54, 1.807) is 12.1 Å². The molecule has 4 heteroatoms. The molecule has 0 aromatic heterocycles. The highest BCUT2D eigenvalue weighted by atomic mass is 79.9. The maximum absolute atomic E-state index is 8.85. The van der Waals surface area contributed by atoms with Gasteiger partial charge < -0.3 is 4.74 Å². The van der Waals surface area contributed by atoms with Crippen molar-refractivity contribution in [2.75, 3.05) is 0 Å². The Hall–Kier alpha value is -1.50. The molecule has 0 bridgehead atoms. The first-order valence-electron chi connectivity index (χ1n) is 5.69. The maximum Gasteiger partial charge on any atom is 0.123 e. The van der Waals surface area contributed by atoms with Gasteiger partial charge in [0.2, 0.25) is 0 Å². The zero-order valence-electron chi connectivity index (χ0n) is 10.1. The number of halogens is 2. The third kappa shape index (κ3) is 3.73. The Bertz CT molecular complexity index is 622. The Morgan fingerprint density at radius 1 is 1.21 bits per heavy atom. The van der Waals surface area contributed by atoms with E-state index < -0.39 is 0 Å². The second-order valence-electron chi connectivity index (χ2n) is 3.99. The number of hydrogen-bond donors (Lipinski definition) is 0. The molecule has 0 aliphatic rings. The number of ether oxygens (including phenoxy) is 1. The Labute approximate surface area is 125 Å². The van der Waals surface area contributed by atoms with Gasteiger partial charge in [0, 0.05) is 15.9 Å². The van der Waals surface area contributed by atoms with Crippen LogP contribution in [-0.2, 0) is 11.9 Å². The van der Waals surface area contributed by atoms with E-state index in [0.717, 1.165) is 16.9 Å². The smallest absolute Gasteiger partial charge is 0.123 e. The average molecular weight is 337 g/mol. The van der Waals surface area contributed by atoms with Gasteiger partial charge in [-0.15, -0.1) is 0 Å². The van der Waals surface area contributed by atoms with Crippen LogP contribution in [0.15, 0.2) is 42.5 Å². The van der Waals surface area contributed by atoms with Gasteiger partial charge in [0.1, 0.15) is 12.4 Å². The molecule has 0 N–H and O–H groups in total. The van der Waals surface area contributed by atoms with Gasteiger partial charge in [-0.3, -0.25) is 0 Å². The molecule has 19 heavy (non-hydrogen) atoms. The summed E-state index contributed by atoms with van der Waals surface area (Å²) in [6.45, 7) is 0.428. The minimum absolute atomic E-state index is 0.428. The molecular formula is C15H11BrClNO. The van der Waals surface area contributed by atoms with Gasteiger partial charge in [-0.1, -0.05) is 39.7 Å². The number of benzene rings is 2. The lowest BCUT2D eigenvalue weighted by molar-refractivity contribution is 0.304. The monoisotopic (exact) mass is 335 g/mol. The fraction of sp³-hybridized carbons (Fsp3) is 0.133. The first kappa shape index (κ1) is 13.9. The standard InChI is InChI=1S/C15H11BrClNO/c16-8-13-7-14(17)4-5-15(13)19-10-12-3-1-2-11(6-12)9-18/h1-7H,8,10H2. The summed E-state index contributed by atoms with van der Waals surface area (Å²) in [5.41, 5.74) is 2.61. The molecule has 0 saturated carbocycles. The number of alkyl halides is 1. The van der Waals surface area contributed by atoms with Crippen molar-refractivity contribution in [2.24, 2.45) is 0 Å². The highest BCUT2D eigenvalue weighted by Gasteiger charge is 2.04. The molecule has 0 amide bonds. The molecule has 2 aromatic carbocycles. The van der Waals surface area contributed by atoms with Gasteiger partial charge in [0.25, 0.3) is 0 Å². The van der Waals surface area contributed by atoms with Crippen LogP contribution < -0.4 is 4.74 Å². The van der Waals surface area contributed by atoms with Crippen molar-refractivity contribution in [3.05, 3.63) is 64.2 Å². The molecule has 0 atom stereocenters. The van der Waals surface area contributed by atoms with Crippen molar-refractivity contribution in [2.45, 2.75) is 11.9 Å². The van der Waals surface area contributed by atoms with Gasteiger partial charge in [-0.2, -0.15) is 5.26 Å². The van der Waals surface area contributed by atoms with E-state index in [1.807, 2.05) is 30.3 Å². The van der Waals surface area contributed by atoms with E-state index in [4.69, 9.17) is 21.6 Å². The van der Waals surface area contributed by atoms with Crippen LogP contribution in [0.4, 0.5) is 0 Å². The van der Waals surface area contributed by atoms with Crippen molar-refractivity contribution in [1.29, 1.82) is 5.26 Å². The quantitative estimate of drug-likeness (QED) is 0.759. The first-order chi connectivity index (χ1) is 9.22. The number of nitriles is 1. The van der Waals surface area contributed by atoms with E-state index in [-0.39, 0.29) is 0 Å². The molecule has 2 rings (SSSR count). The molecule has 0 spiro atoms. The Kier molecular flexibility index (Phi) is 4.84. The highest BCUT2D eigenvalue weighted by molar-refractivity contribution is 9.08. The van der Waals surface area contributed by atoms with E-state index in [1.165, 1.54) is 0 Å². The van der Waals surface area contributed by atoms with Gasteiger partial charge in [-0.25, -0.2) is 0 Å². The molecule has 0 unspecified atom stereocenters. The molecule has 0 radical (unpaired) electrons. The predicted octanol–water partition coefficient (Wildman–Crippen LogP) is 4.69. The number of hydrogen-bond acceptors (Lipinski definition) is 2. The van der Waals surface area contributed by atoms with Crippen LogP contribution >= 0.6 is 27.5 Å². The SMILES string of the molecule is N#Cc1cccc(COc2ccc(Cl)cc2CBr)c1. The summed E-state index contributed by atoms with van der Waals surface area (Å²) in [4.78, 5) is 0. The molecule has 2 aromatic rings. The Balaban J connectivity index is 2.12. The lowest BCUT2D eigenvalue weighted by Gasteiger charge is -2.10. The number of nitrogens with zero attached hydrogens (tertiary/aromatic N) is 1. The summed E-state index contributed by atoms with van der Waals surface area (Å²) in [5, 5.41) is 10.2. The van der Waals surface area contributed by atoms with Crippen molar-refractivity contribution < 1.29 is 4.74 Å². The van der Waals surface area contributed by atoms with Gasteiger partial charge >= 0.3 is 0 Å². The zero-order valence-corrected chi connectivity index (χ0v) is 12.4. The third-order valence-corrected chi connectivity index (χ3v) is 3.46. The second-order valence-corrected chi connectivity index (χ2v) is 4.98. The van der Waals surface area contributed by atoms with Crippen LogP contribution in [0.25, 0.3) is 0 Å². The molecule has 96 valence electrons. The summed E-state index contributed by atoms with van der Waals surface area (Å²) in [7, 11) is 0. The van der Waals surface area contributed by atoms with E-state index in [0.29, 0.717) is 22.5 Å². The average Bonchev–Trinajstić information content (AvgIpc) is 2.46. The van der Waals surface area contributed by atoms with Crippen LogP contribution in [0.1, 0.15) is 16.7 Å². The van der Waals surface area contributed by atoms with Crippen molar-refractivity contribution in [3.8, 4) is 11.8 Å². The normalized spacial score (nSPS) is 9.95. The van der Waals surface area contributed by atoms with Gasteiger partial charge in [0.15, 0.2) is 0 Å². The van der Waals surface area contributed by atoms with Crippen LogP contribution in [0.3, 0.4) is 0 Å². The predicted molar refractivity (Wildman–Crippen MR) is 79.6 cm³/mol. The molecule has 0 aliphatic heterocycles. The maximum atomic E-state index is 8.85. The Morgan fingerprint density at radius 3 is 2.79 bits per heavy atom. The van der Waals surface area contributed by atoms with Crippen molar-refractivity contribution in [3.63, 3.8) is 0 Å². The summed E-state index contributed by atoms with van der Waals surface area (Å²) in [6, 6.07) is 15.0. The van der Waals surface area contributed by atoms with Crippen LogP contribution in [0, 0.1) is 11.3 Å². The van der Waals surface area contributed by atoms with Gasteiger partial charge in [0.05, 0.1) is 11.6 Å². The van der Waals surface area contributed by atoms with Crippen LogP contribution in [0.2, 0.25) is 5.02 Å². The van der Waals surface area contributed by atoms with Crippen LogP contribution in [-0.4, -0.2) is 0 Å². The molecule has 0 aliphatic carbocycles. The van der Waals surface area contributed by atoms with E-state index >= 15 is 0 Å². The molecular weight excluding hydrogens is 326 g/mol. The zero-order chi connectivity index (χ0) is 13.7. The van der Waals surface area contributed by atoms with E-state index in [9.17, 15) is 0 Å².